The molecular formula is C16H12N2O4. The van der Waals surface area contributed by atoms with Crippen molar-refractivity contribution < 1.29 is 15.0 Å². The van der Waals surface area contributed by atoms with Gasteiger partial charge in [-0.3, -0.25) is 9.89 Å². The van der Waals surface area contributed by atoms with Gasteiger partial charge in [0.15, 0.2) is 0 Å². The van der Waals surface area contributed by atoms with Crippen LogP contribution in [0.1, 0.15) is 10.4 Å². The first-order chi connectivity index (χ1) is 10.6. The fourth-order valence-electron chi connectivity index (χ4n) is 2.21. The van der Waals surface area contributed by atoms with Gasteiger partial charge in [0.2, 0.25) is 0 Å². The van der Waals surface area contributed by atoms with Gasteiger partial charge in [-0.15, -0.1) is 0 Å². The standard InChI is InChI=1S/C16H12N2O4/c19-11-7-5-10(6-8-11)13-9-15(20)18(17-13)14-4-2-1-3-12(14)16(21)22/h1-9,17,19H,(H,21,22). The van der Waals surface area contributed by atoms with Crippen molar-refractivity contribution in [1.82, 2.24) is 9.78 Å². The number of H-pyrrole nitrogens is 1. The van der Waals surface area contributed by atoms with E-state index in [4.69, 9.17) is 0 Å². The zero-order valence-corrected chi connectivity index (χ0v) is 11.4. The summed E-state index contributed by atoms with van der Waals surface area (Å²) < 4.78 is 1.19. The number of nitrogens with zero attached hydrogens (tertiary/aromatic N) is 1. The number of aromatic nitrogens is 2. The molecule has 0 amide bonds. The highest BCUT2D eigenvalue weighted by Gasteiger charge is 2.14. The van der Waals surface area contributed by atoms with Gasteiger partial charge in [-0.2, -0.15) is 0 Å². The van der Waals surface area contributed by atoms with Crippen molar-refractivity contribution in [3.63, 3.8) is 0 Å². The summed E-state index contributed by atoms with van der Waals surface area (Å²) in [6, 6.07) is 14.0. The topological polar surface area (TPSA) is 95.3 Å². The molecule has 0 aliphatic rings. The highest BCUT2D eigenvalue weighted by atomic mass is 16.4. The van der Waals surface area contributed by atoms with E-state index in [0.717, 1.165) is 0 Å². The van der Waals surface area contributed by atoms with Crippen molar-refractivity contribution >= 4 is 5.97 Å². The Morgan fingerprint density at radius 3 is 2.41 bits per heavy atom. The number of carboxylic acids is 1. The molecule has 110 valence electrons. The lowest BCUT2D eigenvalue weighted by Crippen LogP contribution is -2.16. The summed E-state index contributed by atoms with van der Waals surface area (Å²) in [4.78, 5) is 23.4. The van der Waals surface area contributed by atoms with Gasteiger partial charge in [0.25, 0.3) is 5.56 Å². The lowest BCUT2D eigenvalue weighted by atomic mass is 10.1. The van der Waals surface area contributed by atoms with Crippen molar-refractivity contribution in [3.8, 4) is 22.7 Å². The smallest absolute Gasteiger partial charge is 0.337 e. The van der Waals surface area contributed by atoms with Crippen LogP contribution in [-0.4, -0.2) is 26.0 Å². The molecule has 0 unspecified atom stereocenters. The fourth-order valence-corrected chi connectivity index (χ4v) is 2.21. The maximum Gasteiger partial charge on any atom is 0.337 e. The van der Waals surface area contributed by atoms with E-state index in [2.05, 4.69) is 5.10 Å². The molecule has 0 saturated carbocycles. The lowest BCUT2D eigenvalue weighted by Gasteiger charge is -2.06. The number of aromatic hydroxyl groups is 1. The monoisotopic (exact) mass is 296 g/mol. The molecule has 0 aliphatic carbocycles. The van der Waals surface area contributed by atoms with Crippen molar-refractivity contribution in [3.05, 3.63) is 70.5 Å². The Morgan fingerprint density at radius 2 is 1.73 bits per heavy atom. The second-order valence-electron chi connectivity index (χ2n) is 4.71. The van der Waals surface area contributed by atoms with Crippen LogP contribution in [0.25, 0.3) is 16.9 Å². The van der Waals surface area contributed by atoms with Gasteiger partial charge >= 0.3 is 5.97 Å². The molecule has 0 atom stereocenters. The Balaban J connectivity index is 2.13. The van der Waals surface area contributed by atoms with E-state index in [1.54, 1.807) is 30.3 Å². The van der Waals surface area contributed by atoms with Gasteiger partial charge in [-0.05, 0) is 42.0 Å². The van der Waals surface area contributed by atoms with Crippen molar-refractivity contribution in [2.24, 2.45) is 0 Å². The van der Waals surface area contributed by atoms with Crippen LogP contribution in [-0.2, 0) is 0 Å². The third-order valence-corrected chi connectivity index (χ3v) is 3.27. The van der Waals surface area contributed by atoms with Crippen LogP contribution in [0.3, 0.4) is 0 Å². The van der Waals surface area contributed by atoms with Crippen molar-refractivity contribution in [2.75, 3.05) is 0 Å². The second-order valence-corrected chi connectivity index (χ2v) is 4.71. The molecule has 0 spiro atoms. The van der Waals surface area contributed by atoms with Crippen molar-refractivity contribution in [1.29, 1.82) is 0 Å². The first kappa shape index (κ1) is 13.7. The van der Waals surface area contributed by atoms with Crippen molar-refractivity contribution in [2.45, 2.75) is 0 Å². The van der Waals surface area contributed by atoms with Crippen LogP contribution in [0.4, 0.5) is 0 Å². The Labute approximate surface area is 124 Å². The minimum atomic E-state index is -1.11. The maximum atomic E-state index is 12.1. The summed E-state index contributed by atoms with van der Waals surface area (Å²) in [7, 11) is 0. The van der Waals surface area contributed by atoms with E-state index in [1.807, 2.05) is 0 Å². The number of aromatic carboxylic acids is 1. The van der Waals surface area contributed by atoms with E-state index in [0.29, 0.717) is 11.3 Å². The van der Waals surface area contributed by atoms with Gasteiger partial charge in [0, 0.05) is 6.07 Å². The van der Waals surface area contributed by atoms with E-state index < -0.39 is 5.97 Å². The van der Waals surface area contributed by atoms with Gasteiger partial charge < -0.3 is 10.2 Å². The Bertz CT molecular complexity index is 891. The number of phenolic OH excluding ortho intramolecular Hbond substituents is 1. The number of aromatic amines is 1. The number of rotatable bonds is 3. The molecule has 3 aromatic rings. The second kappa shape index (κ2) is 5.25. The molecule has 1 heterocycles. The van der Waals surface area contributed by atoms with Gasteiger partial charge in [-0.1, -0.05) is 12.1 Å². The molecule has 6 nitrogen and oxygen atoms in total. The molecule has 0 bridgehead atoms. The lowest BCUT2D eigenvalue weighted by molar-refractivity contribution is 0.0696. The largest absolute Gasteiger partial charge is 0.508 e. The number of phenols is 1. The third kappa shape index (κ3) is 2.37. The predicted molar refractivity (Wildman–Crippen MR) is 80.4 cm³/mol. The molecule has 0 aliphatic heterocycles. The van der Waals surface area contributed by atoms with E-state index in [-0.39, 0.29) is 22.6 Å². The Morgan fingerprint density at radius 1 is 1.05 bits per heavy atom. The van der Waals surface area contributed by atoms with Crippen LogP contribution in [0.5, 0.6) is 5.75 Å². The highest BCUT2D eigenvalue weighted by molar-refractivity contribution is 5.91. The van der Waals surface area contributed by atoms with E-state index >= 15 is 0 Å². The predicted octanol–water partition coefficient (Wildman–Crippen LogP) is 2.24. The summed E-state index contributed by atoms with van der Waals surface area (Å²) in [6.45, 7) is 0. The molecule has 0 saturated heterocycles. The molecule has 0 fully saturated rings. The summed E-state index contributed by atoms with van der Waals surface area (Å²) in [5.74, 6) is -0.981. The highest BCUT2D eigenvalue weighted by Crippen LogP contribution is 2.20. The first-order valence-corrected chi connectivity index (χ1v) is 6.50. The van der Waals surface area contributed by atoms with Gasteiger partial charge in [-0.25, -0.2) is 9.48 Å². The zero-order chi connectivity index (χ0) is 15.7. The third-order valence-electron chi connectivity index (χ3n) is 3.27. The van der Waals surface area contributed by atoms with Crippen LogP contribution in [0.2, 0.25) is 0 Å². The number of hydrogen-bond donors (Lipinski definition) is 3. The minimum absolute atomic E-state index is 0.0312. The van der Waals surface area contributed by atoms with Crippen LogP contribution in [0.15, 0.2) is 59.4 Å². The number of nitrogens with one attached hydrogen (secondary N) is 1. The summed E-state index contributed by atoms with van der Waals surface area (Å²) in [5, 5.41) is 21.4. The normalized spacial score (nSPS) is 10.5. The van der Waals surface area contributed by atoms with E-state index in [9.17, 15) is 19.8 Å². The van der Waals surface area contributed by atoms with Crippen LogP contribution >= 0.6 is 0 Å². The Kier molecular flexibility index (Phi) is 3.27. The number of hydrogen-bond acceptors (Lipinski definition) is 3. The molecule has 6 heteroatoms. The average Bonchev–Trinajstić information content (AvgIpc) is 2.89. The molecule has 22 heavy (non-hydrogen) atoms. The number of carboxylic acid groups (broad SMARTS) is 1. The van der Waals surface area contributed by atoms with Gasteiger partial charge in [0.1, 0.15) is 5.75 Å². The molecule has 3 rings (SSSR count). The zero-order valence-electron chi connectivity index (χ0n) is 11.4. The molecule has 1 aromatic heterocycles. The van der Waals surface area contributed by atoms with Gasteiger partial charge in [0.05, 0.1) is 16.9 Å². The Hall–Kier alpha value is -3.28. The number of para-hydroxylation sites is 1. The molecular weight excluding hydrogens is 284 g/mol. The van der Waals surface area contributed by atoms with E-state index in [1.165, 1.54) is 28.9 Å². The summed E-state index contributed by atoms with van der Waals surface area (Å²) >= 11 is 0. The SMILES string of the molecule is O=C(O)c1ccccc1-n1[nH]c(-c2ccc(O)cc2)cc1=O. The van der Waals surface area contributed by atoms with Crippen LogP contribution in [0, 0.1) is 0 Å². The molecule has 0 radical (unpaired) electrons. The molecule has 2 aromatic carbocycles. The number of carbonyl (C=O) groups is 1. The number of benzene rings is 2. The quantitative estimate of drug-likeness (QED) is 0.690. The minimum Gasteiger partial charge on any atom is -0.508 e. The molecule has 3 N–H and O–H groups in total. The fraction of sp³-hybridized carbons (Fsp3) is 0. The average molecular weight is 296 g/mol. The first-order valence-electron chi connectivity index (χ1n) is 6.50. The summed E-state index contributed by atoms with van der Waals surface area (Å²) in [5.41, 5.74) is 1.18. The van der Waals surface area contributed by atoms with Crippen LogP contribution < -0.4 is 5.56 Å². The maximum absolute atomic E-state index is 12.1. The summed E-state index contributed by atoms with van der Waals surface area (Å²) in [6.07, 6.45) is 0.